The van der Waals surface area contributed by atoms with E-state index >= 15 is 0 Å². The first-order chi connectivity index (χ1) is 6.88. The van der Waals surface area contributed by atoms with Crippen LogP contribution in [0.1, 0.15) is 18.9 Å². The van der Waals surface area contributed by atoms with Crippen molar-refractivity contribution in [3.63, 3.8) is 0 Å². The van der Waals surface area contributed by atoms with Gasteiger partial charge in [0.25, 0.3) is 0 Å². The van der Waals surface area contributed by atoms with E-state index in [1.54, 1.807) is 6.20 Å². The molecule has 1 aromatic heterocycles. The van der Waals surface area contributed by atoms with Crippen LogP contribution in [0.25, 0.3) is 0 Å². The van der Waals surface area contributed by atoms with E-state index in [2.05, 4.69) is 26.2 Å². The standard InChI is InChI=1S/C10H13BrF2N2/c1-7-5-9(15-6-8(7)11)14-4-3-10(2,12)13/h5-6H,3-4H2,1-2H3,(H,14,15). The van der Waals surface area contributed by atoms with Crippen LogP contribution in [0.5, 0.6) is 0 Å². The number of aromatic nitrogens is 1. The lowest BCUT2D eigenvalue weighted by Gasteiger charge is -2.11. The Labute approximate surface area is 96.2 Å². The predicted molar refractivity (Wildman–Crippen MR) is 60.4 cm³/mol. The zero-order valence-corrected chi connectivity index (χ0v) is 10.2. The number of hydrogen-bond acceptors (Lipinski definition) is 2. The maximum absolute atomic E-state index is 12.5. The summed E-state index contributed by atoms with van der Waals surface area (Å²) in [6.07, 6.45) is 1.46. The second-order valence-corrected chi connectivity index (χ2v) is 4.42. The highest BCUT2D eigenvalue weighted by Crippen LogP contribution is 2.19. The second kappa shape index (κ2) is 4.88. The van der Waals surface area contributed by atoms with Gasteiger partial charge in [-0.15, -0.1) is 0 Å². The van der Waals surface area contributed by atoms with Crippen molar-refractivity contribution in [2.75, 3.05) is 11.9 Å². The van der Waals surface area contributed by atoms with Gasteiger partial charge < -0.3 is 5.32 Å². The van der Waals surface area contributed by atoms with Crippen LogP contribution in [-0.2, 0) is 0 Å². The average Bonchev–Trinajstić information content (AvgIpc) is 2.09. The normalized spacial score (nSPS) is 11.5. The smallest absolute Gasteiger partial charge is 0.247 e. The number of hydrogen-bond donors (Lipinski definition) is 1. The zero-order valence-electron chi connectivity index (χ0n) is 8.65. The van der Waals surface area contributed by atoms with Crippen molar-refractivity contribution in [1.82, 2.24) is 4.98 Å². The fraction of sp³-hybridized carbons (Fsp3) is 0.500. The summed E-state index contributed by atoms with van der Waals surface area (Å²) in [6.45, 7) is 3.05. The van der Waals surface area contributed by atoms with Crippen LogP contribution in [0.2, 0.25) is 0 Å². The quantitative estimate of drug-likeness (QED) is 0.910. The van der Waals surface area contributed by atoms with Gasteiger partial charge in [-0.2, -0.15) is 0 Å². The summed E-state index contributed by atoms with van der Waals surface area (Å²) < 4.78 is 25.9. The molecule has 1 heterocycles. The molecule has 84 valence electrons. The molecule has 0 aliphatic heterocycles. The Hall–Kier alpha value is -0.710. The van der Waals surface area contributed by atoms with Gasteiger partial charge in [0.15, 0.2) is 0 Å². The van der Waals surface area contributed by atoms with Crippen LogP contribution < -0.4 is 5.32 Å². The first kappa shape index (κ1) is 12.4. The minimum atomic E-state index is -2.63. The molecular weight excluding hydrogens is 266 g/mol. The maximum Gasteiger partial charge on any atom is 0.247 e. The first-order valence-corrected chi connectivity index (χ1v) is 5.41. The van der Waals surface area contributed by atoms with Gasteiger partial charge >= 0.3 is 0 Å². The van der Waals surface area contributed by atoms with Crippen LogP contribution in [0.15, 0.2) is 16.7 Å². The van der Waals surface area contributed by atoms with E-state index in [-0.39, 0.29) is 13.0 Å². The summed E-state index contributed by atoms with van der Waals surface area (Å²) in [4.78, 5) is 4.06. The molecule has 0 radical (unpaired) electrons. The summed E-state index contributed by atoms with van der Waals surface area (Å²) in [7, 11) is 0. The summed E-state index contributed by atoms with van der Waals surface area (Å²) in [5.74, 6) is -2.00. The van der Waals surface area contributed by atoms with E-state index in [4.69, 9.17) is 0 Å². The van der Waals surface area contributed by atoms with Gasteiger partial charge in [0, 0.05) is 23.6 Å². The Morgan fingerprint density at radius 3 is 2.73 bits per heavy atom. The van der Waals surface area contributed by atoms with Crippen molar-refractivity contribution in [1.29, 1.82) is 0 Å². The van der Waals surface area contributed by atoms with Gasteiger partial charge in [-0.3, -0.25) is 0 Å². The minimum absolute atomic E-state index is 0.191. The molecule has 5 heteroatoms. The Kier molecular flexibility index (Phi) is 4.02. The molecule has 1 rings (SSSR count). The third kappa shape index (κ3) is 4.55. The van der Waals surface area contributed by atoms with Crippen LogP contribution in [0.4, 0.5) is 14.6 Å². The van der Waals surface area contributed by atoms with E-state index in [1.807, 2.05) is 13.0 Å². The first-order valence-electron chi connectivity index (χ1n) is 4.62. The summed E-state index contributed by atoms with van der Waals surface area (Å²) in [5.41, 5.74) is 1.02. The molecule has 15 heavy (non-hydrogen) atoms. The highest BCUT2D eigenvalue weighted by atomic mass is 79.9. The molecule has 0 bridgehead atoms. The monoisotopic (exact) mass is 278 g/mol. The third-order valence-electron chi connectivity index (χ3n) is 1.92. The predicted octanol–water partition coefficient (Wildman–Crippen LogP) is 3.61. The molecular formula is C10H13BrF2N2. The Balaban J connectivity index is 2.48. The van der Waals surface area contributed by atoms with Crippen molar-refractivity contribution >= 4 is 21.7 Å². The Bertz CT molecular complexity index is 337. The third-order valence-corrected chi connectivity index (χ3v) is 2.75. The van der Waals surface area contributed by atoms with Gasteiger partial charge in [0.1, 0.15) is 5.82 Å². The molecule has 0 aliphatic carbocycles. The number of alkyl halides is 2. The maximum atomic E-state index is 12.5. The highest BCUT2D eigenvalue weighted by Gasteiger charge is 2.19. The topological polar surface area (TPSA) is 24.9 Å². The number of nitrogens with one attached hydrogen (secondary N) is 1. The molecule has 0 fully saturated rings. The molecule has 0 unspecified atom stereocenters. The number of anilines is 1. The van der Waals surface area contributed by atoms with Crippen molar-refractivity contribution in [2.45, 2.75) is 26.2 Å². The molecule has 2 nitrogen and oxygen atoms in total. The molecule has 0 amide bonds. The van der Waals surface area contributed by atoms with E-state index in [9.17, 15) is 8.78 Å². The van der Waals surface area contributed by atoms with Crippen molar-refractivity contribution < 1.29 is 8.78 Å². The summed E-state index contributed by atoms with van der Waals surface area (Å²) >= 11 is 3.32. The van der Waals surface area contributed by atoms with Crippen LogP contribution in [-0.4, -0.2) is 17.5 Å². The largest absolute Gasteiger partial charge is 0.370 e. The highest BCUT2D eigenvalue weighted by molar-refractivity contribution is 9.10. The second-order valence-electron chi connectivity index (χ2n) is 3.57. The summed E-state index contributed by atoms with van der Waals surface area (Å²) in [6, 6.07) is 1.82. The van der Waals surface area contributed by atoms with Crippen LogP contribution >= 0.6 is 15.9 Å². The molecule has 0 aromatic carbocycles. The molecule has 1 aromatic rings. The van der Waals surface area contributed by atoms with E-state index < -0.39 is 5.92 Å². The SMILES string of the molecule is Cc1cc(NCCC(C)(F)F)ncc1Br. The lowest BCUT2D eigenvalue weighted by atomic mass is 10.2. The molecule has 0 saturated carbocycles. The molecule has 0 saturated heterocycles. The Morgan fingerprint density at radius 2 is 2.20 bits per heavy atom. The summed E-state index contributed by atoms with van der Waals surface area (Å²) in [5, 5.41) is 2.86. The molecule has 0 aliphatic rings. The number of nitrogens with zero attached hydrogens (tertiary/aromatic N) is 1. The number of halogens is 3. The fourth-order valence-electron chi connectivity index (χ4n) is 1.05. The number of aryl methyl sites for hydroxylation is 1. The van der Waals surface area contributed by atoms with Gasteiger partial charge in [-0.1, -0.05) is 0 Å². The minimum Gasteiger partial charge on any atom is -0.370 e. The lowest BCUT2D eigenvalue weighted by molar-refractivity contribution is 0.0167. The molecule has 0 spiro atoms. The lowest BCUT2D eigenvalue weighted by Crippen LogP contribution is -2.16. The van der Waals surface area contributed by atoms with Crippen molar-refractivity contribution in [2.24, 2.45) is 0 Å². The van der Waals surface area contributed by atoms with Gasteiger partial charge in [-0.25, -0.2) is 13.8 Å². The van der Waals surface area contributed by atoms with Gasteiger partial charge in [0.05, 0.1) is 0 Å². The average molecular weight is 279 g/mol. The number of rotatable bonds is 4. The van der Waals surface area contributed by atoms with E-state index in [0.717, 1.165) is 17.0 Å². The van der Waals surface area contributed by atoms with Crippen molar-refractivity contribution in [3.05, 3.63) is 22.3 Å². The van der Waals surface area contributed by atoms with Crippen molar-refractivity contribution in [3.8, 4) is 0 Å². The van der Waals surface area contributed by atoms with Crippen LogP contribution in [0.3, 0.4) is 0 Å². The zero-order chi connectivity index (χ0) is 11.5. The van der Waals surface area contributed by atoms with Gasteiger partial charge in [-0.05, 0) is 41.4 Å². The molecule has 1 N–H and O–H groups in total. The van der Waals surface area contributed by atoms with Gasteiger partial charge in [0.2, 0.25) is 5.92 Å². The Morgan fingerprint density at radius 1 is 1.53 bits per heavy atom. The number of pyridine rings is 1. The van der Waals surface area contributed by atoms with E-state index in [0.29, 0.717) is 5.82 Å². The van der Waals surface area contributed by atoms with Crippen LogP contribution in [0, 0.1) is 6.92 Å². The fourth-order valence-corrected chi connectivity index (χ4v) is 1.26. The molecule has 0 atom stereocenters. The van der Waals surface area contributed by atoms with E-state index in [1.165, 1.54) is 0 Å².